The summed E-state index contributed by atoms with van der Waals surface area (Å²) in [4.78, 5) is 13.9. The quantitative estimate of drug-likeness (QED) is 0.291. The lowest BCUT2D eigenvalue weighted by molar-refractivity contribution is -0.120. The average molecular weight is 503 g/mol. The number of ketones is 1. The van der Waals surface area contributed by atoms with Gasteiger partial charge in [-0.1, -0.05) is 38.1 Å². The molecule has 35 heavy (non-hydrogen) atoms. The molecule has 2 aromatic carbocycles. The molecule has 2 aromatic rings. The molecule has 0 N–H and O–H groups in total. The number of ether oxygens (including phenoxy) is 2. The molecule has 0 spiro atoms. The highest BCUT2D eigenvalue weighted by Crippen LogP contribution is 2.70. The molecule has 192 valence electrons. The maximum Gasteiger partial charge on any atom is 0.345 e. The van der Waals surface area contributed by atoms with Gasteiger partial charge in [-0.3, -0.25) is 9.36 Å². The Labute approximate surface area is 209 Å². The minimum Gasteiger partial charge on any atom is -0.496 e. The fourth-order valence-electron chi connectivity index (χ4n) is 5.22. The van der Waals surface area contributed by atoms with Crippen LogP contribution in [0.3, 0.4) is 0 Å². The zero-order valence-corrected chi connectivity index (χ0v) is 22.8. The molecule has 1 atom stereocenters. The number of hydrogen-bond donors (Lipinski definition) is 0. The van der Waals surface area contributed by atoms with Gasteiger partial charge in [0.15, 0.2) is 5.78 Å². The Morgan fingerprint density at radius 3 is 1.71 bits per heavy atom. The van der Waals surface area contributed by atoms with E-state index in [1.54, 1.807) is 14.2 Å². The largest absolute Gasteiger partial charge is 0.496 e. The van der Waals surface area contributed by atoms with Gasteiger partial charge < -0.3 is 18.5 Å². The number of methoxy groups -OCH3 is 2. The Kier molecular flexibility index (Phi) is 9.20. The second-order valence-corrected chi connectivity index (χ2v) is 11.6. The molecule has 0 aromatic heterocycles. The summed E-state index contributed by atoms with van der Waals surface area (Å²) in [6, 6.07) is 11.8. The summed E-state index contributed by atoms with van der Waals surface area (Å²) in [6.07, 6.45) is 2.80. The highest BCUT2D eigenvalue weighted by atomic mass is 31.2. The first-order valence-electron chi connectivity index (χ1n) is 12.5. The van der Waals surface area contributed by atoms with Crippen molar-refractivity contribution in [3.8, 4) is 11.5 Å². The van der Waals surface area contributed by atoms with E-state index in [9.17, 15) is 9.36 Å². The van der Waals surface area contributed by atoms with Crippen molar-refractivity contribution in [1.29, 1.82) is 0 Å². The van der Waals surface area contributed by atoms with Gasteiger partial charge in [0.05, 0.1) is 27.4 Å². The Morgan fingerprint density at radius 1 is 0.886 bits per heavy atom. The predicted octanol–water partition coefficient (Wildman–Crippen LogP) is 6.99. The van der Waals surface area contributed by atoms with Crippen molar-refractivity contribution in [3.05, 3.63) is 58.7 Å². The normalized spacial score (nSPS) is 18.3. The molecule has 0 amide bonds. The fraction of sp³-hybridized carbons (Fsp3) is 0.536. The van der Waals surface area contributed by atoms with E-state index in [0.29, 0.717) is 32.1 Å². The molecule has 0 unspecified atom stereocenters. The lowest BCUT2D eigenvalue weighted by Gasteiger charge is -2.41. The maximum absolute atomic E-state index is 14.8. The molecule has 7 heteroatoms. The molecule has 6 nitrogen and oxygen atoms in total. The number of benzene rings is 2. The zero-order chi connectivity index (χ0) is 25.6. The first-order valence-corrected chi connectivity index (χ1v) is 14.0. The van der Waals surface area contributed by atoms with E-state index >= 15 is 0 Å². The standard InChI is InChI=1S/C28H39O6P/c1-7-16-33-35(30,34-17-8-2)28(15-9-10-26(28)29)27(22-11-13-24(31-5)20(3)18-22)23-12-14-25(32-6)21(4)19-23/h11-14,18-19,27H,7-10,15-17H2,1-6H3/t28-/m1/s1. The van der Waals surface area contributed by atoms with Crippen molar-refractivity contribution in [3.63, 3.8) is 0 Å². The second kappa shape index (κ2) is 11.7. The van der Waals surface area contributed by atoms with Crippen molar-refractivity contribution in [1.82, 2.24) is 0 Å². The lowest BCUT2D eigenvalue weighted by Crippen LogP contribution is -2.42. The molecule has 3 rings (SSSR count). The number of carbonyl (C=O) groups is 1. The monoisotopic (exact) mass is 502 g/mol. The molecule has 1 saturated carbocycles. The molecule has 1 aliphatic carbocycles. The van der Waals surface area contributed by atoms with Gasteiger partial charge in [-0.25, -0.2) is 0 Å². The number of rotatable bonds is 12. The third-order valence-electron chi connectivity index (χ3n) is 6.85. The Hall–Kier alpha value is -2.14. The summed E-state index contributed by atoms with van der Waals surface area (Å²) in [6.45, 7) is 8.41. The Balaban J connectivity index is 2.32. The van der Waals surface area contributed by atoms with Crippen molar-refractivity contribution in [2.45, 2.75) is 70.9 Å². The van der Waals surface area contributed by atoms with Crippen molar-refractivity contribution in [2.24, 2.45) is 0 Å². The molecule has 0 heterocycles. The van der Waals surface area contributed by atoms with Crippen LogP contribution in [0.25, 0.3) is 0 Å². The SMILES string of the molecule is CCCOP(=O)(OCCC)[C@]1(C(c2ccc(OC)c(C)c2)c2ccc(OC)c(C)c2)CCCC1=O. The van der Waals surface area contributed by atoms with E-state index in [0.717, 1.165) is 33.8 Å². The first kappa shape index (κ1) is 27.4. The van der Waals surface area contributed by atoms with Gasteiger partial charge in [0.1, 0.15) is 16.7 Å². The summed E-state index contributed by atoms with van der Waals surface area (Å²) < 4.78 is 37.9. The average Bonchev–Trinajstić information content (AvgIpc) is 3.24. The van der Waals surface area contributed by atoms with Gasteiger partial charge in [0.2, 0.25) is 0 Å². The molecule has 0 radical (unpaired) electrons. The molecular weight excluding hydrogens is 463 g/mol. The molecule has 1 fully saturated rings. The third-order valence-corrected chi connectivity index (χ3v) is 9.60. The van der Waals surface area contributed by atoms with Crippen LogP contribution in [0.5, 0.6) is 11.5 Å². The first-order chi connectivity index (χ1) is 16.8. The van der Waals surface area contributed by atoms with Crippen LogP contribution in [-0.2, 0) is 18.4 Å². The molecule has 0 aliphatic heterocycles. The molecule has 0 bridgehead atoms. The van der Waals surface area contributed by atoms with Gasteiger partial charge in [-0.2, -0.15) is 0 Å². The van der Waals surface area contributed by atoms with Crippen LogP contribution in [-0.4, -0.2) is 38.4 Å². The van der Waals surface area contributed by atoms with Crippen LogP contribution >= 0.6 is 7.60 Å². The zero-order valence-electron chi connectivity index (χ0n) is 21.9. The van der Waals surface area contributed by atoms with E-state index in [-0.39, 0.29) is 19.0 Å². The van der Waals surface area contributed by atoms with Crippen LogP contribution < -0.4 is 9.47 Å². The van der Waals surface area contributed by atoms with Gasteiger partial charge in [0.25, 0.3) is 0 Å². The third kappa shape index (κ3) is 5.21. The van der Waals surface area contributed by atoms with E-state index in [2.05, 4.69) is 0 Å². The molecule has 0 saturated heterocycles. The van der Waals surface area contributed by atoms with Crippen molar-refractivity contribution in [2.75, 3.05) is 27.4 Å². The van der Waals surface area contributed by atoms with Crippen LogP contribution in [0.1, 0.15) is 74.1 Å². The van der Waals surface area contributed by atoms with Gasteiger partial charge >= 0.3 is 7.60 Å². The van der Waals surface area contributed by atoms with E-state index in [1.165, 1.54) is 0 Å². The number of hydrogen-bond acceptors (Lipinski definition) is 6. The van der Waals surface area contributed by atoms with E-state index in [1.807, 2.05) is 64.1 Å². The summed E-state index contributed by atoms with van der Waals surface area (Å²) >= 11 is 0. The Morgan fingerprint density at radius 2 is 1.37 bits per heavy atom. The van der Waals surface area contributed by atoms with E-state index in [4.69, 9.17) is 18.5 Å². The van der Waals surface area contributed by atoms with Crippen LogP contribution in [0.15, 0.2) is 36.4 Å². The number of carbonyl (C=O) groups excluding carboxylic acids is 1. The summed E-state index contributed by atoms with van der Waals surface area (Å²) in [7, 11) is -0.577. The smallest absolute Gasteiger partial charge is 0.345 e. The number of aryl methyl sites for hydroxylation is 2. The fourth-order valence-corrected chi connectivity index (χ4v) is 8.07. The van der Waals surface area contributed by atoms with E-state index < -0.39 is 18.7 Å². The van der Waals surface area contributed by atoms with Crippen molar-refractivity contribution >= 4 is 13.4 Å². The van der Waals surface area contributed by atoms with Gasteiger partial charge in [0, 0.05) is 12.3 Å². The second-order valence-electron chi connectivity index (χ2n) is 9.26. The summed E-state index contributed by atoms with van der Waals surface area (Å²) in [5.74, 6) is 0.960. The van der Waals surface area contributed by atoms with Gasteiger partial charge in [-0.05, 0) is 73.9 Å². The minimum atomic E-state index is -3.85. The highest BCUT2D eigenvalue weighted by molar-refractivity contribution is 7.57. The lowest BCUT2D eigenvalue weighted by atomic mass is 9.77. The molecule has 1 aliphatic rings. The van der Waals surface area contributed by atoms with Crippen molar-refractivity contribution < 1.29 is 27.9 Å². The number of Topliss-reactive ketones (excluding diaryl/α,β-unsaturated/α-hetero) is 1. The van der Waals surface area contributed by atoms with Crippen LogP contribution in [0.4, 0.5) is 0 Å². The topological polar surface area (TPSA) is 71.1 Å². The van der Waals surface area contributed by atoms with Gasteiger partial charge in [-0.15, -0.1) is 0 Å². The minimum absolute atomic E-state index is 0.0556. The Bertz CT molecular complexity index is 1020. The summed E-state index contributed by atoms with van der Waals surface area (Å²) in [5, 5.41) is -1.31. The molecular formula is C28H39O6P. The predicted molar refractivity (Wildman–Crippen MR) is 139 cm³/mol. The highest BCUT2D eigenvalue weighted by Gasteiger charge is 2.63. The maximum atomic E-state index is 14.8. The summed E-state index contributed by atoms with van der Waals surface area (Å²) in [5.41, 5.74) is 3.67. The van der Waals surface area contributed by atoms with Crippen LogP contribution in [0, 0.1) is 13.8 Å². The van der Waals surface area contributed by atoms with Crippen LogP contribution in [0.2, 0.25) is 0 Å².